The van der Waals surface area contributed by atoms with Gasteiger partial charge in [0.1, 0.15) is 5.75 Å². The van der Waals surface area contributed by atoms with E-state index < -0.39 is 0 Å². The molecule has 0 radical (unpaired) electrons. The van der Waals surface area contributed by atoms with Gasteiger partial charge in [0.25, 0.3) is 0 Å². The molecule has 150 valence electrons. The summed E-state index contributed by atoms with van der Waals surface area (Å²) in [6, 6.07) is 13.1. The van der Waals surface area contributed by atoms with Crippen LogP contribution in [0.3, 0.4) is 0 Å². The Labute approximate surface area is 169 Å². The van der Waals surface area contributed by atoms with Crippen molar-refractivity contribution in [2.75, 3.05) is 6.61 Å². The monoisotopic (exact) mass is 380 g/mol. The second-order valence-electron chi connectivity index (χ2n) is 8.60. The van der Waals surface area contributed by atoms with Gasteiger partial charge in [-0.15, -0.1) is 0 Å². The van der Waals surface area contributed by atoms with Crippen molar-refractivity contribution in [1.29, 1.82) is 0 Å². The molecule has 0 heterocycles. The van der Waals surface area contributed by atoms with Crippen LogP contribution < -0.4 is 4.74 Å². The molecule has 0 bridgehead atoms. The largest absolute Gasteiger partial charge is 0.485 e. The SMILES string of the molecule is CCC(C)(C)c1ccc(OCC(=O)c2ccccc2C=O)c(C(C)(C)CC)c1. The zero-order valence-electron chi connectivity index (χ0n) is 18.0. The molecule has 2 aromatic rings. The second-order valence-corrected chi connectivity index (χ2v) is 8.60. The molecule has 0 fully saturated rings. The van der Waals surface area contributed by atoms with Gasteiger partial charge in [-0.1, -0.05) is 77.9 Å². The normalized spacial score (nSPS) is 11.9. The summed E-state index contributed by atoms with van der Waals surface area (Å²) in [7, 11) is 0. The van der Waals surface area contributed by atoms with Gasteiger partial charge in [-0.3, -0.25) is 9.59 Å². The van der Waals surface area contributed by atoms with Gasteiger partial charge >= 0.3 is 0 Å². The van der Waals surface area contributed by atoms with Crippen molar-refractivity contribution in [3.63, 3.8) is 0 Å². The van der Waals surface area contributed by atoms with Gasteiger partial charge in [0.2, 0.25) is 5.78 Å². The maximum Gasteiger partial charge on any atom is 0.200 e. The van der Waals surface area contributed by atoms with Crippen LogP contribution in [0.1, 0.15) is 86.2 Å². The Balaban J connectivity index is 2.34. The van der Waals surface area contributed by atoms with E-state index in [9.17, 15) is 9.59 Å². The number of ether oxygens (including phenoxy) is 1. The summed E-state index contributed by atoms with van der Waals surface area (Å²) >= 11 is 0. The van der Waals surface area contributed by atoms with Gasteiger partial charge in [0.05, 0.1) is 0 Å². The van der Waals surface area contributed by atoms with Gasteiger partial charge < -0.3 is 4.74 Å². The zero-order chi connectivity index (χ0) is 20.9. The minimum atomic E-state index is -0.194. The Hall–Kier alpha value is -2.42. The minimum Gasteiger partial charge on any atom is -0.485 e. The number of aldehydes is 1. The smallest absolute Gasteiger partial charge is 0.200 e. The van der Waals surface area contributed by atoms with Gasteiger partial charge in [0.15, 0.2) is 12.9 Å². The van der Waals surface area contributed by atoms with Crippen LogP contribution in [0.15, 0.2) is 42.5 Å². The van der Waals surface area contributed by atoms with Crippen molar-refractivity contribution in [2.24, 2.45) is 0 Å². The molecule has 0 atom stereocenters. The van der Waals surface area contributed by atoms with E-state index in [-0.39, 0.29) is 23.2 Å². The average Bonchev–Trinajstić information content (AvgIpc) is 2.71. The summed E-state index contributed by atoms with van der Waals surface area (Å²) < 4.78 is 5.98. The molecule has 0 unspecified atom stereocenters. The zero-order valence-corrected chi connectivity index (χ0v) is 18.0. The molecular weight excluding hydrogens is 348 g/mol. The van der Waals surface area contributed by atoms with Gasteiger partial charge in [-0.05, 0) is 35.3 Å². The van der Waals surface area contributed by atoms with E-state index in [1.165, 1.54) is 5.56 Å². The predicted molar refractivity (Wildman–Crippen MR) is 115 cm³/mol. The summed E-state index contributed by atoms with van der Waals surface area (Å²) in [5, 5.41) is 0. The number of hydrogen-bond donors (Lipinski definition) is 0. The number of Topliss-reactive ketones (excluding diaryl/α,β-unsaturated/α-hetero) is 1. The third-order valence-corrected chi connectivity index (χ3v) is 6.00. The maximum atomic E-state index is 12.6. The van der Waals surface area contributed by atoms with Crippen molar-refractivity contribution < 1.29 is 14.3 Å². The number of carbonyl (C=O) groups is 2. The highest BCUT2D eigenvalue weighted by atomic mass is 16.5. The summed E-state index contributed by atoms with van der Waals surface area (Å²) in [5.74, 6) is 0.542. The summed E-state index contributed by atoms with van der Waals surface area (Å²) in [6.45, 7) is 13.1. The quantitative estimate of drug-likeness (QED) is 0.388. The first kappa shape index (κ1) is 21.9. The molecule has 2 aromatic carbocycles. The molecule has 28 heavy (non-hydrogen) atoms. The Morgan fingerprint density at radius 1 is 0.964 bits per heavy atom. The van der Waals surface area contributed by atoms with Gasteiger partial charge in [-0.25, -0.2) is 0 Å². The molecule has 0 N–H and O–H groups in total. The predicted octanol–water partition coefficient (Wildman–Crippen LogP) is 6.14. The van der Waals surface area contributed by atoms with Crippen molar-refractivity contribution in [3.05, 3.63) is 64.7 Å². The summed E-state index contributed by atoms with van der Waals surface area (Å²) in [5.41, 5.74) is 3.19. The first-order valence-corrected chi connectivity index (χ1v) is 10.0. The molecule has 0 aliphatic heterocycles. The lowest BCUT2D eigenvalue weighted by molar-refractivity contribution is 0.0915. The van der Waals surface area contributed by atoms with E-state index in [1.54, 1.807) is 24.3 Å². The molecule has 0 aliphatic carbocycles. The fraction of sp³-hybridized carbons (Fsp3) is 0.440. The average molecular weight is 381 g/mol. The van der Waals surface area contributed by atoms with E-state index in [2.05, 4.69) is 53.7 Å². The Morgan fingerprint density at radius 2 is 1.61 bits per heavy atom. The first-order valence-electron chi connectivity index (χ1n) is 10.0. The lowest BCUT2D eigenvalue weighted by Crippen LogP contribution is -2.22. The molecule has 0 amide bonds. The lowest BCUT2D eigenvalue weighted by atomic mass is 9.76. The molecule has 0 aromatic heterocycles. The van der Waals surface area contributed by atoms with Crippen molar-refractivity contribution >= 4 is 12.1 Å². The topological polar surface area (TPSA) is 43.4 Å². The minimum absolute atomic E-state index is 0.0705. The summed E-state index contributed by atoms with van der Waals surface area (Å²) in [6.07, 6.45) is 2.71. The van der Waals surface area contributed by atoms with Crippen molar-refractivity contribution in [3.8, 4) is 5.75 Å². The van der Waals surface area contributed by atoms with Gasteiger partial charge in [0, 0.05) is 16.7 Å². The van der Waals surface area contributed by atoms with Crippen molar-refractivity contribution in [2.45, 2.75) is 65.2 Å². The van der Waals surface area contributed by atoms with Crippen LogP contribution in [0.2, 0.25) is 0 Å². The number of rotatable bonds is 9. The number of ketones is 1. The van der Waals surface area contributed by atoms with Crippen LogP contribution in [0.5, 0.6) is 5.75 Å². The molecule has 0 saturated heterocycles. The first-order chi connectivity index (χ1) is 13.2. The molecule has 3 nitrogen and oxygen atoms in total. The van der Waals surface area contributed by atoms with Gasteiger partial charge in [-0.2, -0.15) is 0 Å². The fourth-order valence-electron chi connectivity index (χ4n) is 3.08. The lowest BCUT2D eigenvalue weighted by Gasteiger charge is -2.30. The van der Waals surface area contributed by atoms with E-state index in [1.807, 2.05) is 6.07 Å². The second kappa shape index (κ2) is 8.72. The molecule has 3 heteroatoms. The third kappa shape index (κ3) is 4.70. The standard InChI is InChI=1S/C25H32O3/c1-7-24(3,4)19-13-14-23(21(15-19)25(5,6)8-2)28-17-22(27)20-12-10-9-11-18(20)16-26/h9-16H,7-8,17H2,1-6H3. The number of hydrogen-bond acceptors (Lipinski definition) is 3. The Kier molecular flexibility index (Phi) is 6.82. The molecule has 0 spiro atoms. The van der Waals surface area contributed by atoms with Crippen LogP contribution in [-0.2, 0) is 10.8 Å². The van der Waals surface area contributed by atoms with E-state index in [0.717, 1.165) is 24.2 Å². The molecular formula is C25H32O3. The molecule has 0 aliphatic rings. The number of carbonyl (C=O) groups excluding carboxylic acids is 2. The molecule has 0 saturated carbocycles. The van der Waals surface area contributed by atoms with E-state index in [0.29, 0.717) is 17.4 Å². The van der Waals surface area contributed by atoms with Crippen LogP contribution in [-0.4, -0.2) is 18.7 Å². The van der Waals surface area contributed by atoms with Crippen molar-refractivity contribution in [1.82, 2.24) is 0 Å². The third-order valence-electron chi connectivity index (χ3n) is 6.00. The van der Waals surface area contributed by atoms with E-state index in [4.69, 9.17) is 4.74 Å². The van der Waals surface area contributed by atoms with Crippen LogP contribution in [0.4, 0.5) is 0 Å². The van der Waals surface area contributed by atoms with Crippen LogP contribution in [0, 0.1) is 0 Å². The fourth-order valence-corrected chi connectivity index (χ4v) is 3.08. The number of benzene rings is 2. The summed E-state index contributed by atoms with van der Waals surface area (Å²) in [4.78, 5) is 23.8. The van der Waals surface area contributed by atoms with Crippen LogP contribution >= 0.6 is 0 Å². The Morgan fingerprint density at radius 3 is 2.21 bits per heavy atom. The molecule has 2 rings (SSSR count). The van der Waals surface area contributed by atoms with Crippen LogP contribution in [0.25, 0.3) is 0 Å². The highest BCUT2D eigenvalue weighted by Crippen LogP contribution is 2.38. The maximum absolute atomic E-state index is 12.6. The van der Waals surface area contributed by atoms with E-state index >= 15 is 0 Å². The highest BCUT2D eigenvalue weighted by Gasteiger charge is 2.27. The Bertz CT molecular complexity index is 847. The highest BCUT2D eigenvalue weighted by molar-refractivity contribution is 6.03.